The second-order valence-corrected chi connectivity index (χ2v) is 6.35. The highest BCUT2D eigenvalue weighted by atomic mass is 16.2. The van der Waals surface area contributed by atoms with Crippen molar-refractivity contribution >= 4 is 17.5 Å². The molecular formula is C20H22N2O2. The zero-order valence-electron chi connectivity index (χ0n) is 14.1. The summed E-state index contributed by atoms with van der Waals surface area (Å²) in [6.07, 6.45) is 2.14. The normalized spacial score (nSPS) is 13.8. The molecule has 2 amide bonds. The third kappa shape index (κ3) is 3.48. The van der Waals surface area contributed by atoms with Gasteiger partial charge in [0.15, 0.2) is 0 Å². The van der Waals surface area contributed by atoms with Gasteiger partial charge in [-0.15, -0.1) is 0 Å². The number of carbonyl (C=O) groups is 2. The zero-order valence-corrected chi connectivity index (χ0v) is 14.1. The second kappa shape index (κ2) is 6.87. The van der Waals surface area contributed by atoms with Gasteiger partial charge >= 0.3 is 0 Å². The van der Waals surface area contributed by atoms with Gasteiger partial charge < -0.3 is 10.2 Å². The fourth-order valence-electron chi connectivity index (χ4n) is 2.93. The average Bonchev–Trinajstić information content (AvgIpc) is 3.12. The molecule has 0 radical (unpaired) electrons. The van der Waals surface area contributed by atoms with E-state index in [9.17, 15) is 9.59 Å². The van der Waals surface area contributed by atoms with Crippen molar-refractivity contribution in [3.63, 3.8) is 0 Å². The Morgan fingerprint density at radius 3 is 2.21 bits per heavy atom. The lowest BCUT2D eigenvalue weighted by atomic mass is 10.1. The Bertz CT molecular complexity index is 760. The quantitative estimate of drug-likeness (QED) is 0.934. The number of amides is 2. The van der Waals surface area contributed by atoms with E-state index in [1.807, 2.05) is 36.9 Å². The van der Waals surface area contributed by atoms with Gasteiger partial charge in [-0.05, 0) is 68.1 Å². The molecule has 1 saturated heterocycles. The molecule has 0 bridgehead atoms. The van der Waals surface area contributed by atoms with Crippen molar-refractivity contribution in [1.82, 2.24) is 4.90 Å². The number of benzene rings is 2. The highest BCUT2D eigenvalue weighted by Crippen LogP contribution is 2.18. The summed E-state index contributed by atoms with van der Waals surface area (Å²) in [5.41, 5.74) is 4.13. The number of rotatable bonds is 3. The van der Waals surface area contributed by atoms with E-state index < -0.39 is 0 Å². The number of anilines is 1. The number of hydrogen-bond acceptors (Lipinski definition) is 2. The summed E-state index contributed by atoms with van der Waals surface area (Å²) in [6.45, 7) is 5.61. The van der Waals surface area contributed by atoms with Gasteiger partial charge in [0.25, 0.3) is 11.8 Å². The van der Waals surface area contributed by atoms with Crippen molar-refractivity contribution in [3.05, 3.63) is 64.7 Å². The van der Waals surface area contributed by atoms with Gasteiger partial charge in [-0.2, -0.15) is 0 Å². The van der Waals surface area contributed by atoms with Crippen LogP contribution >= 0.6 is 0 Å². The van der Waals surface area contributed by atoms with Gasteiger partial charge in [-0.25, -0.2) is 0 Å². The number of carbonyl (C=O) groups excluding carboxylic acids is 2. The zero-order chi connectivity index (χ0) is 17.1. The predicted octanol–water partition coefficient (Wildman–Crippen LogP) is 3.79. The molecule has 0 atom stereocenters. The van der Waals surface area contributed by atoms with Crippen LogP contribution in [0.1, 0.15) is 44.7 Å². The first-order valence-corrected chi connectivity index (χ1v) is 8.32. The highest BCUT2D eigenvalue weighted by Gasteiger charge is 2.19. The fraction of sp³-hybridized carbons (Fsp3) is 0.300. The molecule has 1 aliphatic heterocycles. The maximum atomic E-state index is 12.4. The summed E-state index contributed by atoms with van der Waals surface area (Å²) >= 11 is 0. The van der Waals surface area contributed by atoms with Gasteiger partial charge in [0.1, 0.15) is 0 Å². The molecule has 1 N–H and O–H groups in total. The lowest BCUT2D eigenvalue weighted by Crippen LogP contribution is -2.27. The Morgan fingerprint density at radius 1 is 0.917 bits per heavy atom. The van der Waals surface area contributed by atoms with Crippen LogP contribution in [0.15, 0.2) is 42.5 Å². The van der Waals surface area contributed by atoms with E-state index in [4.69, 9.17) is 0 Å². The fourth-order valence-corrected chi connectivity index (χ4v) is 2.93. The molecule has 0 aromatic heterocycles. The van der Waals surface area contributed by atoms with E-state index >= 15 is 0 Å². The van der Waals surface area contributed by atoms with Crippen LogP contribution in [-0.4, -0.2) is 29.8 Å². The number of aryl methyl sites for hydroxylation is 2. The van der Waals surface area contributed by atoms with Crippen molar-refractivity contribution in [2.75, 3.05) is 18.4 Å². The van der Waals surface area contributed by atoms with Gasteiger partial charge in [0.05, 0.1) is 0 Å². The van der Waals surface area contributed by atoms with E-state index in [0.29, 0.717) is 11.1 Å². The van der Waals surface area contributed by atoms with Crippen molar-refractivity contribution < 1.29 is 9.59 Å². The van der Waals surface area contributed by atoms with Crippen LogP contribution in [-0.2, 0) is 0 Å². The number of nitrogens with zero attached hydrogens (tertiary/aromatic N) is 1. The predicted molar refractivity (Wildman–Crippen MR) is 95.4 cm³/mol. The summed E-state index contributed by atoms with van der Waals surface area (Å²) in [4.78, 5) is 26.6. The van der Waals surface area contributed by atoms with E-state index in [1.54, 1.807) is 24.3 Å². The minimum Gasteiger partial charge on any atom is -0.339 e. The largest absolute Gasteiger partial charge is 0.339 e. The van der Waals surface area contributed by atoms with Gasteiger partial charge in [-0.1, -0.05) is 12.1 Å². The van der Waals surface area contributed by atoms with Crippen molar-refractivity contribution in [2.24, 2.45) is 0 Å². The lowest BCUT2D eigenvalue weighted by molar-refractivity contribution is 0.0792. The lowest BCUT2D eigenvalue weighted by Gasteiger charge is -2.15. The summed E-state index contributed by atoms with van der Waals surface area (Å²) in [7, 11) is 0. The molecule has 0 unspecified atom stereocenters. The molecule has 24 heavy (non-hydrogen) atoms. The average molecular weight is 322 g/mol. The molecule has 4 nitrogen and oxygen atoms in total. The van der Waals surface area contributed by atoms with Crippen molar-refractivity contribution in [1.29, 1.82) is 0 Å². The molecule has 3 rings (SSSR count). The van der Waals surface area contributed by atoms with E-state index in [0.717, 1.165) is 42.7 Å². The van der Waals surface area contributed by atoms with Crippen LogP contribution in [0.4, 0.5) is 5.69 Å². The smallest absolute Gasteiger partial charge is 0.255 e. The summed E-state index contributed by atoms with van der Waals surface area (Å²) < 4.78 is 0. The molecule has 0 saturated carbocycles. The minimum absolute atomic E-state index is 0.0500. The van der Waals surface area contributed by atoms with Gasteiger partial charge in [-0.3, -0.25) is 9.59 Å². The van der Waals surface area contributed by atoms with Crippen LogP contribution in [0.5, 0.6) is 0 Å². The first kappa shape index (κ1) is 16.2. The van der Waals surface area contributed by atoms with E-state index in [-0.39, 0.29) is 11.8 Å². The topological polar surface area (TPSA) is 49.4 Å². The Morgan fingerprint density at radius 2 is 1.54 bits per heavy atom. The molecule has 0 spiro atoms. The maximum absolute atomic E-state index is 12.4. The molecule has 2 aromatic carbocycles. The SMILES string of the molecule is Cc1ccc(C)c(NC(=O)c2ccc(C(=O)N3CCCC3)cc2)c1. The Labute approximate surface area is 142 Å². The molecule has 2 aromatic rings. The first-order chi connectivity index (χ1) is 11.5. The molecule has 1 fully saturated rings. The van der Waals surface area contributed by atoms with Gasteiger partial charge in [0.2, 0.25) is 0 Å². The Hall–Kier alpha value is -2.62. The minimum atomic E-state index is -0.163. The van der Waals surface area contributed by atoms with Crippen LogP contribution in [0.3, 0.4) is 0 Å². The van der Waals surface area contributed by atoms with Crippen LogP contribution in [0.25, 0.3) is 0 Å². The maximum Gasteiger partial charge on any atom is 0.255 e. The molecule has 0 aliphatic carbocycles. The first-order valence-electron chi connectivity index (χ1n) is 8.32. The second-order valence-electron chi connectivity index (χ2n) is 6.35. The van der Waals surface area contributed by atoms with E-state index in [2.05, 4.69) is 5.32 Å². The molecule has 4 heteroatoms. The molecule has 1 aliphatic rings. The standard InChI is InChI=1S/C20H22N2O2/c1-14-5-6-15(2)18(13-14)21-19(23)16-7-9-17(10-8-16)20(24)22-11-3-4-12-22/h5-10,13H,3-4,11-12H2,1-2H3,(H,21,23). The van der Waals surface area contributed by atoms with Crippen LogP contribution in [0, 0.1) is 13.8 Å². The van der Waals surface area contributed by atoms with Crippen molar-refractivity contribution in [2.45, 2.75) is 26.7 Å². The monoisotopic (exact) mass is 322 g/mol. The van der Waals surface area contributed by atoms with Crippen LogP contribution in [0.2, 0.25) is 0 Å². The van der Waals surface area contributed by atoms with Crippen molar-refractivity contribution in [3.8, 4) is 0 Å². The van der Waals surface area contributed by atoms with Crippen LogP contribution < -0.4 is 5.32 Å². The summed E-state index contributed by atoms with van der Waals surface area (Å²) in [5, 5.41) is 2.94. The molecule has 1 heterocycles. The third-order valence-electron chi connectivity index (χ3n) is 4.43. The Kier molecular flexibility index (Phi) is 4.65. The summed E-state index contributed by atoms with van der Waals surface area (Å²) in [6, 6.07) is 12.9. The highest BCUT2D eigenvalue weighted by molar-refractivity contribution is 6.05. The molecule has 124 valence electrons. The Balaban J connectivity index is 1.71. The van der Waals surface area contributed by atoms with E-state index in [1.165, 1.54) is 0 Å². The van der Waals surface area contributed by atoms with Gasteiger partial charge in [0, 0.05) is 29.9 Å². The number of likely N-dealkylation sites (tertiary alicyclic amines) is 1. The number of hydrogen-bond donors (Lipinski definition) is 1. The third-order valence-corrected chi connectivity index (χ3v) is 4.43. The number of nitrogens with one attached hydrogen (secondary N) is 1. The molecular weight excluding hydrogens is 300 g/mol. The summed E-state index contributed by atoms with van der Waals surface area (Å²) in [5.74, 6) is -0.113.